The van der Waals surface area contributed by atoms with Crippen LogP contribution in [0.1, 0.15) is 48.5 Å². The molecule has 0 heterocycles. The summed E-state index contributed by atoms with van der Waals surface area (Å²) in [5, 5.41) is 2.89. The molecule has 1 N–H and O–H groups in total. The maximum absolute atomic E-state index is 12.1. The highest BCUT2D eigenvalue weighted by molar-refractivity contribution is 7.89. The molecule has 1 fully saturated rings. The van der Waals surface area contributed by atoms with Crippen LogP contribution in [0.3, 0.4) is 0 Å². The zero-order chi connectivity index (χ0) is 17.7. The van der Waals surface area contributed by atoms with Gasteiger partial charge in [-0.2, -0.15) is 0 Å². The molecule has 0 saturated heterocycles. The number of hydrogen-bond donors (Lipinski definition) is 1. The van der Waals surface area contributed by atoms with Gasteiger partial charge in [-0.25, -0.2) is 13.2 Å². The number of esters is 1. The van der Waals surface area contributed by atoms with E-state index in [4.69, 9.17) is 4.74 Å². The van der Waals surface area contributed by atoms with Gasteiger partial charge in [0, 0.05) is 12.3 Å². The molecule has 1 aliphatic carbocycles. The molecule has 1 atom stereocenters. The molecule has 6 nitrogen and oxygen atoms in total. The average Bonchev–Trinajstić information content (AvgIpc) is 2.99. The number of sulfone groups is 1. The highest BCUT2D eigenvalue weighted by atomic mass is 32.2. The van der Waals surface area contributed by atoms with Gasteiger partial charge in [-0.05, 0) is 37.5 Å². The van der Waals surface area contributed by atoms with E-state index in [-0.39, 0.29) is 23.3 Å². The molecule has 0 bridgehead atoms. The van der Waals surface area contributed by atoms with Crippen LogP contribution in [0.25, 0.3) is 0 Å². The van der Waals surface area contributed by atoms with Gasteiger partial charge in [0.15, 0.2) is 15.9 Å². The van der Waals surface area contributed by atoms with Gasteiger partial charge in [0.2, 0.25) is 0 Å². The zero-order valence-corrected chi connectivity index (χ0v) is 14.8. The lowest BCUT2D eigenvalue weighted by Gasteiger charge is -2.17. The van der Waals surface area contributed by atoms with Gasteiger partial charge in [-0.15, -0.1) is 0 Å². The monoisotopic (exact) mass is 353 g/mol. The molecule has 7 heteroatoms. The molecule has 1 aromatic carbocycles. The predicted molar refractivity (Wildman–Crippen MR) is 90.3 cm³/mol. The van der Waals surface area contributed by atoms with E-state index in [0.29, 0.717) is 5.56 Å². The summed E-state index contributed by atoms with van der Waals surface area (Å²) in [6, 6.07) is 6.32. The molecule has 0 spiro atoms. The topological polar surface area (TPSA) is 89.5 Å². The minimum absolute atomic E-state index is 0.0808. The van der Waals surface area contributed by atoms with Gasteiger partial charge < -0.3 is 10.1 Å². The quantitative estimate of drug-likeness (QED) is 0.788. The second kappa shape index (κ2) is 7.79. The highest BCUT2D eigenvalue weighted by Crippen LogP contribution is 2.18. The Bertz CT molecular complexity index is 690. The average molecular weight is 353 g/mol. The fourth-order valence-electron chi connectivity index (χ4n) is 2.71. The van der Waals surface area contributed by atoms with Gasteiger partial charge in [-0.1, -0.05) is 25.0 Å². The Morgan fingerprint density at radius 3 is 2.33 bits per heavy atom. The van der Waals surface area contributed by atoms with Crippen molar-refractivity contribution in [3.63, 3.8) is 0 Å². The normalized spacial score (nSPS) is 16.6. The van der Waals surface area contributed by atoms with Crippen LogP contribution in [0, 0.1) is 0 Å². The van der Waals surface area contributed by atoms with Crippen LogP contribution >= 0.6 is 0 Å². The van der Waals surface area contributed by atoms with Gasteiger partial charge in [-0.3, -0.25) is 4.79 Å². The number of nitrogens with one attached hydrogen (secondary N) is 1. The summed E-state index contributed by atoms with van der Waals surface area (Å²) in [6.45, 7) is 1.54. The second-order valence-corrected chi connectivity index (χ2v) is 8.44. The largest absolute Gasteiger partial charge is 0.449 e. The van der Waals surface area contributed by atoms with Crippen LogP contribution in [-0.2, 0) is 25.1 Å². The van der Waals surface area contributed by atoms with Crippen LogP contribution in [-0.4, -0.2) is 38.7 Å². The minimum Gasteiger partial charge on any atom is -0.449 e. The summed E-state index contributed by atoms with van der Waals surface area (Å²) in [6.07, 6.45) is 4.44. The Labute approximate surface area is 142 Å². The molecule has 2 rings (SSSR count). The molecule has 0 aromatic heterocycles. The maximum atomic E-state index is 12.1. The van der Waals surface area contributed by atoms with E-state index in [2.05, 4.69) is 5.32 Å². The first-order valence-electron chi connectivity index (χ1n) is 8.02. The smallest absolute Gasteiger partial charge is 0.338 e. The Morgan fingerprint density at radius 1 is 1.21 bits per heavy atom. The van der Waals surface area contributed by atoms with Crippen LogP contribution in [0.2, 0.25) is 0 Å². The van der Waals surface area contributed by atoms with Gasteiger partial charge >= 0.3 is 5.97 Å². The van der Waals surface area contributed by atoms with Crippen LogP contribution < -0.4 is 5.32 Å². The Morgan fingerprint density at radius 2 is 1.79 bits per heavy atom. The van der Waals surface area contributed by atoms with Crippen LogP contribution in [0.15, 0.2) is 24.3 Å². The summed E-state index contributed by atoms with van der Waals surface area (Å²) in [5.41, 5.74) is 0.883. The third-order valence-electron chi connectivity index (χ3n) is 3.97. The summed E-state index contributed by atoms with van der Waals surface area (Å²) >= 11 is 0. The van der Waals surface area contributed by atoms with Crippen molar-refractivity contribution in [3.05, 3.63) is 35.4 Å². The van der Waals surface area contributed by atoms with E-state index in [0.717, 1.165) is 31.9 Å². The minimum atomic E-state index is -3.12. The Hall–Kier alpha value is -1.89. The zero-order valence-electron chi connectivity index (χ0n) is 13.9. The number of rotatable bonds is 6. The number of hydrogen-bond acceptors (Lipinski definition) is 5. The summed E-state index contributed by atoms with van der Waals surface area (Å²) in [7, 11) is -3.12. The van der Waals surface area contributed by atoms with Crippen molar-refractivity contribution in [3.8, 4) is 0 Å². The van der Waals surface area contributed by atoms with Crippen molar-refractivity contribution in [2.45, 2.75) is 50.5 Å². The van der Waals surface area contributed by atoms with E-state index >= 15 is 0 Å². The number of benzene rings is 1. The van der Waals surface area contributed by atoms with Crippen molar-refractivity contribution in [1.82, 2.24) is 5.32 Å². The Balaban J connectivity index is 1.89. The standard InChI is InChI=1S/C17H23NO5S/c1-12(16(19)18-15-5-3-4-6-15)23-17(20)14-9-7-13(8-10-14)11-24(2,21)22/h7-10,12,15H,3-6,11H2,1-2H3,(H,18,19). The number of ether oxygens (including phenoxy) is 1. The Kier molecular flexibility index (Phi) is 5.99. The van der Waals surface area contributed by atoms with E-state index in [9.17, 15) is 18.0 Å². The summed E-state index contributed by atoms with van der Waals surface area (Å²) in [4.78, 5) is 24.1. The molecule has 0 aliphatic heterocycles. The fourth-order valence-corrected chi connectivity index (χ4v) is 3.51. The first kappa shape index (κ1) is 18.4. The van der Waals surface area contributed by atoms with E-state index in [1.54, 1.807) is 19.1 Å². The van der Waals surface area contributed by atoms with Crippen LogP contribution in [0.4, 0.5) is 0 Å². The SMILES string of the molecule is CC(OC(=O)c1ccc(CS(C)(=O)=O)cc1)C(=O)NC1CCCC1. The van der Waals surface area contributed by atoms with Gasteiger partial charge in [0.25, 0.3) is 5.91 Å². The third-order valence-corrected chi connectivity index (χ3v) is 4.83. The maximum Gasteiger partial charge on any atom is 0.338 e. The molecule has 1 amide bonds. The summed E-state index contributed by atoms with van der Waals surface area (Å²) in [5.74, 6) is -0.971. The molecule has 1 aromatic rings. The summed E-state index contributed by atoms with van der Waals surface area (Å²) < 4.78 is 27.7. The lowest BCUT2D eigenvalue weighted by atomic mass is 10.1. The molecule has 1 aliphatic rings. The van der Waals surface area contributed by atoms with Crippen molar-refractivity contribution in [2.75, 3.05) is 6.26 Å². The lowest BCUT2D eigenvalue weighted by Crippen LogP contribution is -2.40. The number of amides is 1. The van der Waals surface area contributed by atoms with Gasteiger partial charge in [0.05, 0.1) is 11.3 Å². The third kappa shape index (κ3) is 5.63. The van der Waals surface area contributed by atoms with Crippen molar-refractivity contribution >= 4 is 21.7 Å². The first-order chi connectivity index (χ1) is 11.2. The van der Waals surface area contributed by atoms with Crippen molar-refractivity contribution in [1.29, 1.82) is 0 Å². The number of carbonyl (C=O) groups is 2. The second-order valence-electron chi connectivity index (χ2n) is 6.30. The molecule has 1 saturated carbocycles. The first-order valence-corrected chi connectivity index (χ1v) is 10.1. The lowest BCUT2D eigenvalue weighted by molar-refractivity contribution is -0.129. The molecule has 24 heavy (non-hydrogen) atoms. The van der Waals surface area contributed by atoms with E-state index in [1.807, 2.05) is 0 Å². The van der Waals surface area contributed by atoms with Crippen LogP contribution in [0.5, 0.6) is 0 Å². The molecule has 132 valence electrons. The fraction of sp³-hybridized carbons (Fsp3) is 0.529. The predicted octanol–water partition coefficient (Wildman–Crippen LogP) is 1.84. The van der Waals surface area contributed by atoms with Gasteiger partial charge in [0.1, 0.15) is 0 Å². The molecular weight excluding hydrogens is 330 g/mol. The van der Waals surface area contributed by atoms with Crippen molar-refractivity contribution < 1.29 is 22.7 Å². The molecule has 1 unspecified atom stereocenters. The highest BCUT2D eigenvalue weighted by Gasteiger charge is 2.23. The molecule has 0 radical (unpaired) electrons. The molecular formula is C17H23NO5S. The van der Waals surface area contributed by atoms with Crippen molar-refractivity contribution in [2.24, 2.45) is 0 Å². The number of carbonyl (C=O) groups excluding carboxylic acids is 2. The van der Waals surface area contributed by atoms with E-state index < -0.39 is 21.9 Å². The van der Waals surface area contributed by atoms with E-state index in [1.165, 1.54) is 12.1 Å².